The molecule has 5 nitrogen and oxygen atoms in total. The Balaban J connectivity index is 1.76. The monoisotopic (exact) mass is 335 g/mol. The molecule has 6 heteroatoms. The van der Waals surface area contributed by atoms with Crippen LogP contribution >= 0.6 is 15.9 Å². The third-order valence-electron chi connectivity index (χ3n) is 3.61. The zero-order chi connectivity index (χ0) is 13.9. The van der Waals surface area contributed by atoms with E-state index >= 15 is 0 Å². The lowest BCUT2D eigenvalue weighted by Crippen LogP contribution is -2.33. The van der Waals surface area contributed by atoms with Crippen LogP contribution in [0, 0.1) is 0 Å². The number of hydrogen-bond acceptors (Lipinski definition) is 4. The number of anilines is 1. The van der Waals surface area contributed by atoms with Gasteiger partial charge in [-0.25, -0.2) is 0 Å². The molecule has 1 aromatic carbocycles. The zero-order valence-electron chi connectivity index (χ0n) is 11.5. The predicted octanol–water partition coefficient (Wildman–Crippen LogP) is 2.17. The number of benzene rings is 1. The highest BCUT2D eigenvalue weighted by atomic mass is 79.9. The Kier molecular flexibility index (Phi) is 4.03. The van der Waals surface area contributed by atoms with Crippen molar-refractivity contribution in [3.05, 3.63) is 40.4 Å². The van der Waals surface area contributed by atoms with E-state index < -0.39 is 0 Å². The molecule has 1 aliphatic heterocycles. The van der Waals surface area contributed by atoms with Gasteiger partial charge in [0.05, 0.1) is 6.54 Å². The summed E-state index contributed by atoms with van der Waals surface area (Å²) in [7, 11) is 0. The van der Waals surface area contributed by atoms with Crippen LogP contribution in [0.5, 0.6) is 0 Å². The Morgan fingerprint density at radius 1 is 1.35 bits per heavy atom. The van der Waals surface area contributed by atoms with Crippen LogP contribution in [0.3, 0.4) is 0 Å². The van der Waals surface area contributed by atoms with Gasteiger partial charge in [0.15, 0.2) is 5.82 Å². The fourth-order valence-electron chi connectivity index (χ4n) is 2.42. The lowest BCUT2D eigenvalue weighted by atomic mass is 10.2. The number of rotatable bonds is 4. The quantitative estimate of drug-likeness (QED) is 0.930. The van der Waals surface area contributed by atoms with Crippen LogP contribution in [0.2, 0.25) is 0 Å². The van der Waals surface area contributed by atoms with Gasteiger partial charge < -0.3 is 14.8 Å². The van der Waals surface area contributed by atoms with Gasteiger partial charge >= 0.3 is 0 Å². The van der Waals surface area contributed by atoms with Gasteiger partial charge in [-0.3, -0.25) is 0 Å². The number of nitrogens with zero attached hydrogens (tertiary/aromatic N) is 4. The first-order valence-electron chi connectivity index (χ1n) is 6.88. The predicted molar refractivity (Wildman–Crippen MR) is 82.6 cm³/mol. The van der Waals surface area contributed by atoms with Crippen molar-refractivity contribution in [2.45, 2.75) is 26.6 Å². The summed E-state index contributed by atoms with van der Waals surface area (Å²) in [5, 5.41) is 11.5. The van der Waals surface area contributed by atoms with Crippen molar-refractivity contribution >= 4 is 21.6 Å². The van der Waals surface area contributed by atoms with Crippen LogP contribution in [0.25, 0.3) is 0 Å². The van der Waals surface area contributed by atoms with Crippen molar-refractivity contribution < 1.29 is 0 Å². The van der Waals surface area contributed by atoms with Gasteiger partial charge in [0.25, 0.3) is 0 Å². The van der Waals surface area contributed by atoms with Crippen LogP contribution in [0.1, 0.15) is 18.3 Å². The van der Waals surface area contributed by atoms with Gasteiger partial charge in [0.2, 0.25) is 0 Å². The molecule has 1 aliphatic rings. The van der Waals surface area contributed by atoms with E-state index in [1.165, 1.54) is 11.3 Å². The summed E-state index contributed by atoms with van der Waals surface area (Å²) in [6.07, 6.45) is 1.81. The summed E-state index contributed by atoms with van der Waals surface area (Å²) in [5.74, 6) is 1.03. The van der Waals surface area contributed by atoms with E-state index in [1.807, 2.05) is 6.33 Å². The molecule has 20 heavy (non-hydrogen) atoms. The van der Waals surface area contributed by atoms with Crippen LogP contribution in [0.15, 0.2) is 29.0 Å². The van der Waals surface area contributed by atoms with Crippen molar-refractivity contribution in [1.29, 1.82) is 0 Å². The smallest absolute Gasteiger partial charge is 0.152 e. The molecule has 0 aliphatic carbocycles. The van der Waals surface area contributed by atoms with E-state index in [0.29, 0.717) is 0 Å². The molecule has 2 aromatic rings. The van der Waals surface area contributed by atoms with E-state index in [9.17, 15) is 0 Å². The number of hydrogen-bond donors (Lipinski definition) is 1. The second-order valence-electron chi connectivity index (χ2n) is 4.92. The summed E-state index contributed by atoms with van der Waals surface area (Å²) in [6, 6.07) is 6.56. The maximum Gasteiger partial charge on any atom is 0.152 e. The highest BCUT2D eigenvalue weighted by Gasteiger charge is 2.18. The summed E-state index contributed by atoms with van der Waals surface area (Å²) in [4.78, 5) is 2.34. The Hall–Kier alpha value is -1.40. The first-order valence-corrected chi connectivity index (χ1v) is 7.68. The minimum Gasteiger partial charge on any atom is -0.362 e. The van der Waals surface area contributed by atoms with Crippen molar-refractivity contribution in [1.82, 2.24) is 20.1 Å². The number of nitrogens with one attached hydrogen (secondary N) is 1. The molecule has 0 spiro atoms. The Labute approximate surface area is 127 Å². The van der Waals surface area contributed by atoms with Gasteiger partial charge in [0, 0.05) is 29.8 Å². The Bertz CT molecular complexity index is 595. The average molecular weight is 336 g/mol. The van der Waals surface area contributed by atoms with Crippen molar-refractivity contribution in [3.8, 4) is 0 Å². The maximum absolute atomic E-state index is 4.16. The summed E-state index contributed by atoms with van der Waals surface area (Å²) in [6.45, 7) is 6.75. The summed E-state index contributed by atoms with van der Waals surface area (Å²) >= 11 is 3.67. The van der Waals surface area contributed by atoms with E-state index in [1.54, 1.807) is 0 Å². The fraction of sp³-hybridized carbons (Fsp3) is 0.429. The van der Waals surface area contributed by atoms with E-state index in [2.05, 4.69) is 66.0 Å². The lowest BCUT2D eigenvalue weighted by Gasteiger charge is -2.29. The van der Waals surface area contributed by atoms with E-state index in [-0.39, 0.29) is 0 Å². The minimum atomic E-state index is 0.818. The van der Waals surface area contributed by atoms with Crippen LogP contribution < -0.4 is 10.2 Å². The van der Waals surface area contributed by atoms with Crippen molar-refractivity contribution in [3.63, 3.8) is 0 Å². The summed E-state index contributed by atoms with van der Waals surface area (Å²) in [5.41, 5.74) is 2.52. The molecule has 0 bridgehead atoms. The van der Waals surface area contributed by atoms with Gasteiger partial charge in [-0.1, -0.05) is 28.9 Å². The topological polar surface area (TPSA) is 46.0 Å². The van der Waals surface area contributed by atoms with Gasteiger partial charge in [-0.15, -0.1) is 10.2 Å². The molecular formula is C14H18BrN5. The largest absolute Gasteiger partial charge is 0.362 e. The third-order valence-corrected chi connectivity index (χ3v) is 4.34. The zero-order valence-corrected chi connectivity index (χ0v) is 13.1. The number of fused-ring (bicyclic) bond motifs is 1. The van der Waals surface area contributed by atoms with Gasteiger partial charge in [0.1, 0.15) is 6.33 Å². The SMILES string of the molecule is CCNCc1ccc(N2CCn3cnnc3C2)cc1Br. The van der Waals surface area contributed by atoms with Gasteiger partial charge in [-0.05, 0) is 24.2 Å². The number of aromatic nitrogens is 3. The van der Waals surface area contributed by atoms with E-state index in [0.717, 1.165) is 43.0 Å². The molecule has 0 saturated heterocycles. The molecule has 0 radical (unpaired) electrons. The van der Waals surface area contributed by atoms with Crippen molar-refractivity contribution in [2.24, 2.45) is 0 Å². The molecule has 0 amide bonds. The lowest BCUT2D eigenvalue weighted by molar-refractivity contribution is 0.560. The molecule has 3 rings (SSSR count). The third kappa shape index (κ3) is 2.71. The standard InChI is InChI=1S/C14H18BrN5/c1-2-16-8-11-3-4-12(7-13(11)15)19-5-6-20-10-17-18-14(20)9-19/h3-4,7,10,16H,2,5-6,8-9H2,1H3. The molecule has 2 heterocycles. The second-order valence-corrected chi connectivity index (χ2v) is 5.77. The molecule has 0 unspecified atom stereocenters. The fourth-order valence-corrected chi connectivity index (χ4v) is 2.93. The van der Waals surface area contributed by atoms with Crippen LogP contribution in [-0.2, 0) is 19.6 Å². The highest BCUT2D eigenvalue weighted by molar-refractivity contribution is 9.10. The van der Waals surface area contributed by atoms with Crippen LogP contribution in [0.4, 0.5) is 5.69 Å². The molecular weight excluding hydrogens is 318 g/mol. The molecule has 0 saturated carbocycles. The molecule has 0 fully saturated rings. The first-order chi connectivity index (χ1) is 9.78. The molecule has 1 aromatic heterocycles. The average Bonchev–Trinajstić information content (AvgIpc) is 2.93. The summed E-state index contributed by atoms with van der Waals surface area (Å²) < 4.78 is 3.27. The maximum atomic E-state index is 4.16. The Morgan fingerprint density at radius 3 is 3.05 bits per heavy atom. The van der Waals surface area contributed by atoms with Gasteiger partial charge in [-0.2, -0.15) is 0 Å². The number of halogens is 1. The molecule has 0 atom stereocenters. The van der Waals surface area contributed by atoms with Crippen LogP contribution in [-0.4, -0.2) is 27.9 Å². The molecule has 106 valence electrons. The molecule has 1 N–H and O–H groups in total. The highest BCUT2D eigenvalue weighted by Crippen LogP contribution is 2.26. The Morgan fingerprint density at radius 2 is 2.25 bits per heavy atom. The van der Waals surface area contributed by atoms with E-state index in [4.69, 9.17) is 0 Å². The second kappa shape index (κ2) is 5.93. The van der Waals surface area contributed by atoms with Crippen molar-refractivity contribution in [2.75, 3.05) is 18.0 Å². The minimum absolute atomic E-state index is 0.818. The normalized spacial score (nSPS) is 14.4. The first kappa shape index (κ1) is 13.6.